The molecule has 1 N–H and O–H groups in total. The molecule has 8 heteroatoms. The van der Waals surface area contributed by atoms with Crippen LogP contribution in [-0.4, -0.2) is 31.9 Å². The molecule has 1 atom stereocenters. The average Bonchev–Trinajstić information content (AvgIpc) is 3.20. The Morgan fingerprint density at radius 1 is 1.06 bits per heavy atom. The summed E-state index contributed by atoms with van der Waals surface area (Å²) in [7, 11) is 0. The van der Waals surface area contributed by atoms with Crippen molar-refractivity contribution in [1.82, 2.24) is 19.9 Å². The molecule has 31 heavy (non-hydrogen) atoms. The molecule has 2 aromatic heterocycles. The molecule has 0 aliphatic rings. The normalized spacial score (nSPS) is 12.3. The number of hydrogen-bond acceptors (Lipinski definition) is 6. The summed E-state index contributed by atoms with van der Waals surface area (Å²) in [6.45, 7) is 11.6. The molecule has 2 amide bonds. The van der Waals surface area contributed by atoms with Crippen molar-refractivity contribution in [3.8, 4) is 0 Å². The van der Waals surface area contributed by atoms with Crippen LogP contribution < -0.4 is 10.2 Å². The topological polar surface area (TPSA) is 88.1 Å². The molecular formula is C23H27N5O2S. The monoisotopic (exact) mass is 437 g/mol. The average molecular weight is 438 g/mol. The van der Waals surface area contributed by atoms with Crippen LogP contribution in [0.1, 0.15) is 59.6 Å². The van der Waals surface area contributed by atoms with E-state index < -0.39 is 11.6 Å². The minimum atomic E-state index is -0.906. The van der Waals surface area contributed by atoms with Gasteiger partial charge in [0.05, 0.1) is 5.69 Å². The highest BCUT2D eigenvalue weighted by Crippen LogP contribution is 2.35. The van der Waals surface area contributed by atoms with E-state index in [1.54, 1.807) is 29.9 Å². The highest BCUT2D eigenvalue weighted by molar-refractivity contribution is 7.03. The van der Waals surface area contributed by atoms with Gasteiger partial charge < -0.3 is 5.32 Å². The first-order valence-electron chi connectivity index (χ1n) is 9.99. The molecule has 3 aromatic rings. The largest absolute Gasteiger partial charge is 0.349 e. The van der Waals surface area contributed by atoms with Gasteiger partial charge in [-0.15, -0.1) is 5.10 Å². The van der Waals surface area contributed by atoms with E-state index in [2.05, 4.69) is 19.9 Å². The third kappa shape index (κ3) is 5.14. The predicted octanol–water partition coefficient (Wildman–Crippen LogP) is 4.16. The summed E-state index contributed by atoms with van der Waals surface area (Å²) < 4.78 is 3.85. The van der Waals surface area contributed by atoms with E-state index in [1.807, 2.05) is 53.7 Å². The van der Waals surface area contributed by atoms with Crippen molar-refractivity contribution < 1.29 is 9.59 Å². The van der Waals surface area contributed by atoms with Gasteiger partial charge in [-0.25, -0.2) is 0 Å². The summed E-state index contributed by atoms with van der Waals surface area (Å²) in [6, 6.07) is 6.62. The van der Waals surface area contributed by atoms with Crippen LogP contribution in [0.2, 0.25) is 0 Å². The second kappa shape index (κ2) is 8.93. The van der Waals surface area contributed by atoms with Crippen molar-refractivity contribution in [2.75, 3.05) is 4.90 Å². The molecule has 162 valence electrons. The lowest BCUT2D eigenvalue weighted by Crippen LogP contribution is -2.50. The number of aryl methyl sites for hydroxylation is 3. The zero-order valence-corrected chi connectivity index (χ0v) is 19.4. The van der Waals surface area contributed by atoms with Crippen LogP contribution in [-0.2, 0) is 4.79 Å². The fourth-order valence-electron chi connectivity index (χ4n) is 3.68. The Kier molecular flexibility index (Phi) is 6.50. The molecule has 0 aliphatic carbocycles. The molecule has 0 aliphatic heterocycles. The van der Waals surface area contributed by atoms with Gasteiger partial charge in [0.15, 0.2) is 5.69 Å². The fraction of sp³-hybridized carbons (Fsp3) is 0.348. The van der Waals surface area contributed by atoms with E-state index >= 15 is 0 Å². The molecule has 0 fully saturated rings. The molecule has 0 spiro atoms. The van der Waals surface area contributed by atoms with Crippen LogP contribution in [0.5, 0.6) is 0 Å². The van der Waals surface area contributed by atoms with Crippen LogP contribution in [0, 0.1) is 20.8 Å². The summed E-state index contributed by atoms with van der Waals surface area (Å²) in [4.78, 5) is 32.9. The number of rotatable bonds is 5. The van der Waals surface area contributed by atoms with Crippen LogP contribution in [0.25, 0.3) is 0 Å². The molecule has 0 radical (unpaired) electrons. The lowest BCUT2D eigenvalue weighted by molar-refractivity contribution is -0.123. The highest BCUT2D eigenvalue weighted by Gasteiger charge is 2.37. The smallest absolute Gasteiger partial charge is 0.280 e. The van der Waals surface area contributed by atoms with E-state index in [0.29, 0.717) is 11.3 Å². The molecule has 0 saturated carbocycles. The van der Waals surface area contributed by atoms with Crippen LogP contribution in [0.4, 0.5) is 5.69 Å². The van der Waals surface area contributed by atoms with Gasteiger partial charge in [-0.05, 0) is 81.9 Å². The fourth-order valence-corrected chi connectivity index (χ4v) is 4.11. The number of amides is 2. The molecule has 7 nitrogen and oxygen atoms in total. The summed E-state index contributed by atoms with van der Waals surface area (Å²) in [5.74, 6) is -0.663. The summed E-state index contributed by atoms with van der Waals surface area (Å²) in [6.07, 6.45) is 3.24. The first kappa shape index (κ1) is 22.6. The van der Waals surface area contributed by atoms with E-state index in [-0.39, 0.29) is 17.5 Å². The van der Waals surface area contributed by atoms with Crippen molar-refractivity contribution in [3.63, 3.8) is 0 Å². The maximum atomic E-state index is 13.7. The maximum absolute atomic E-state index is 13.7. The molecule has 0 saturated heterocycles. The number of anilines is 1. The Bertz CT molecular complexity index is 1050. The van der Waals surface area contributed by atoms with Gasteiger partial charge in [0.2, 0.25) is 5.91 Å². The van der Waals surface area contributed by atoms with Crippen molar-refractivity contribution in [3.05, 3.63) is 70.0 Å². The lowest BCUT2D eigenvalue weighted by Gasteiger charge is -2.35. The molecular weight excluding hydrogens is 410 g/mol. The van der Waals surface area contributed by atoms with E-state index in [9.17, 15) is 9.59 Å². The Balaban J connectivity index is 2.26. The third-order valence-corrected chi connectivity index (χ3v) is 5.21. The van der Waals surface area contributed by atoms with Crippen molar-refractivity contribution in [2.45, 2.75) is 53.1 Å². The molecule has 3 rings (SSSR count). The zero-order valence-electron chi connectivity index (χ0n) is 18.6. The number of nitrogens with zero attached hydrogens (tertiary/aromatic N) is 4. The van der Waals surface area contributed by atoms with Crippen LogP contribution in [0.3, 0.4) is 0 Å². The second-order valence-corrected chi connectivity index (χ2v) is 9.24. The number of carbonyl (C=O) groups excluding carboxylic acids is 2. The van der Waals surface area contributed by atoms with E-state index in [4.69, 9.17) is 0 Å². The van der Waals surface area contributed by atoms with Gasteiger partial charge in [-0.3, -0.25) is 19.5 Å². The number of pyridine rings is 1. The molecule has 1 aromatic carbocycles. The quantitative estimate of drug-likeness (QED) is 0.647. The third-order valence-electron chi connectivity index (χ3n) is 4.70. The second-order valence-electron chi connectivity index (χ2n) is 8.63. The van der Waals surface area contributed by atoms with Gasteiger partial charge in [-0.2, -0.15) is 0 Å². The highest BCUT2D eigenvalue weighted by atomic mass is 32.1. The number of benzene rings is 1. The van der Waals surface area contributed by atoms with Gasteiger partial charge in [0, 0.05) is 23.3 Å². The minimum Gasteiger partial charge on any atom is -0.349 e. The first-order chi connectivity index (χ1) is 14.6. The zero-order chi connectivity index (χ0) is 22.8. The summed E-state index contributed by atoms with van der Waals surface area (Å²) in [5, 5.41) is 8.61. The SMILES string of the molecule is Cc1cc(C)c(N(C(=O)c2csnn2)[C@H](C(=O)NC(C)(C)C)c2ccncc2)c(C)c1. The standard InChI is InChI=1S/C23H27N5O2S/c1-14-11-15(2)19(16(3)12-14)28(22(30)18-13-31-27-26-18)20(17-7-9-24-10-8-17)21(29)25-23(4,5)6/h7-13,20H,1-6H3,(H,25,29)/t20-/m0/s1. The van der Waals surface area contributed by atoms with Gasteiger partial charge in [0.25, 0.3) is 5.91 Å². The molecule has 0 bridgehead atoms. The maximum Gasteiger partial charge on any atom is 0.280 e. The number of hydrogen-bond donors (Lipinski definition) is 1. The predicted molar refractivity (Wildman–Crippen MR) is 122 cm³/mol. The Labute approximate surface area is 186 Å². The van der Waals surface area contributed by atoms with Crippen molar-refractivity contribution >= 4 is 29.0 Å². The molecule has 0 unspecified atom stereocenters. The van der Waals surface area contributed by atoms with Gasteiger partial charge in [-0.1, -0.05) is 22.2 Å². The first-order valence-corrected chi connectivity index (χ1v) is 10.8. The molecule has 2 heterocycles. The van der Waals surface area contributed by atoms with Crippen molar-refractivity contribution in [2.24, 2.45) is 0 Å². The van der Waals surface area contributed by atoms with Gasteiger partial charge in [0.1, 0.15) is 6.04 Å². The Hall–Kier alpha value is -3.13. The number of carbonyl (C=O) groups is 2. The number of nitrogens with one attached hydrogen (secondary N) is 1. The Morgan fingerprint density at radius 2 is 1.68 bits per heavy atom. The van der Waals surface area contributed by atoms with E-state index in [0.717, 1.165) is 28.2 Å². The minimum absolute atomic E-state index is 0.201. The number of aromatic nitrogens is 3. The van der Waals surface area contributed by atoms with E-state index in [1.165, 1.54) is 4.90 Å². The summed E-state index contributed by atoms with van der Waals surface area (Å²) in [5.41, 5.74) is 3.96. The van der Waals surface area contributed by atoms with Crippen molar-refractivity contribution in [1.29, 1.82) is 0 Å². The summed E-state index contributed by atoms with van der Waals surface area (Å²) >= 11 is 1.10. The van der Waals surface area contributed by atoms with Gasteiger partial charge >= 0.3 is 0 Å². The lowest BCUT2D eigenvalue weighted by atomic mass is 9.98. The Morgan fingerprint density at radius 3 is 2.19 bits per heavy atom. The van der Waals surface area contributed by atoms with Crippen LogP contribution in [0.15, 0.2) is 42.0 Å². The van der Waals surface area contributed by atoms with Crippen LogP contribution >= 0.6 is 11.5 Å².